The monoisotopic (exact) mass is 379 g/mol. The van der Waals surface area contributed by atoms with Crippen LogP contribution in [0.25, 0.3) is 0 Å². The summed E-state index contributed by atoms with van der Waals surface area (Å²) < 4.78 is 0. The van der Waals surface area contributed by atoms with E-state index < -0.39 is 0 Å². The highest BCUT2D eigenvalue weighted by atomic mass is 15.3. The van der Waals surface area contributed by atoms with Crippen LogP contribution in [0.2, 0.25) is 0 Å². The third-order valence-electron chi connectivity index (χ3n) is 6.13. The van der Waals surface area contributed by atoms with Crippen LogP contribution < -0.4 is 9.80 Å². The lowest BCUT2D eigenvalue weighted by Gasteiger charge is -2.38. The molecule has 0 aliphatic carbocycles. The minimum Gasteiger partial charge on any atom is -0.353 e. The average molecular weight is 380 g/mol. The highest BCUT2D eigenvalue weighted by Crippen LogP contribution is 2.27. The maximum Gasteiger partial charge on any atom is 0.227 e. The molecule has 2 aliphatic heterocycles. The number of piperazine rings is 1. The first-order valence-electron chi connectivity index (χ1n) is 10.9. The summed E-state index contributed by atoms with van der Waals surface area (Å²) in [5, 5.41) is 0. The van der Waals surface area contributed by atoms with E-state index in [0.29, 0.717) is 6.04 Å². The molecule has 2 saturated heterocycles. The van der Waals surface area contributed by atoms with Gasteiger partial charge in [-0.25, -0.2) is 4.98 Å². The lowest BCUT2D eigenvalue weighted by atomic mass is 10.00. The molecule has 2 aliphatic rings. The molecule has 0 spiro atoms. The molecule has 0 N–H and O–H groups in total. The molecule has 1 unspecified atom stereocenters. The van der Waals surface area contributed by atoms with Crippen LogP contribution in [0, 0.1) is 6.92 Å². The largest absolute Gasteiger partial charge is 0.353 e. The van der Waals surface area contributed by atoms with Gasteiger partial charge >= 0.3 is 0 Å². The fourth-order valence-corrected chi connectivity index (χ4v) is 4.50. The summed E-state index contributed by atoms with van der Waals surface area (Å²) in [5.74, 6) is 2.04. The van der Waals surface area contributed by atoms with Gasteiger partial charge in [0.05, 0.1) is 0 Å². The minimum absolute atomic E-state index is 0.624. The maximum absolute atomic E-state index is 5.01. The van der Waals surface area contributed by atoms with Crippen molar-refractivity contribution in [2.24, 2.45) is 0 Å². The number of anilines is 2. The van der Waals surface area contributed by atoms with E-state index in [9.17, 15) is 0 Å². The zero-order valence-electron chi connectivity index (χ0n) is 17.3. The number of piperidine rings is 1. The van der Waals surface area contributed by atoms with Crippen molar-refractivity contribution in [2.45, 2.75) is 52.1 Å². The summed E-state index contributed by atoms with van der Waals surface area (Å²) in [7, 11) is 0. The van der Waals surface area contributed by atoms with Gasteiger partial charge in [-0.2, -0.15) is 4.98 Å². The van der Waals surface area contributed by atoms with Gasteiger partial charge in [-0.1, -0.05) is 37.3 Å². The number of nitrogens with zero attached hydrogens (tertiary/aromatic N) is 5. The highest BCUT2D eigenvalue weighted by Gasteiger charge is 2.25. The quantitative estimate of drug-likeness (QED) is 0.788. The minimum atomic E-state index is 0.624. The van der Waals surface area contributed by atoms with Gasteiger partial charge in [0.15, 0.2) is 0 Å². The van der Waals surface area contributed by atoms with Crippen molar-refractivity contribution in [1.29, 1.82) is 0 Å². The van der Waals surface area contributed by atoms with E-state index in [-0.39, 0.29) is 0 Å². The van der Waals surface area contributed by atoms with Crippen molar-refractivity contribution in [2.75, 3.05) is 42.5 Å². The van der Waals surface area contributed by atoms with E-state index in [1.807, 2.05) is 0 Å². The Morgan fingerprint density at radius 1 is 0.964 bits per heavy atom. The normalized spacial score (nSPS) is 21.1. The molecule has 1 atom stereocenters. The van der Waals surface area contributed by atoms with E-state index in [2.05, 4.69) is 64.9 Å². The standard InChI is InChI=1S/C23H33N5/c1-3-21-11-7-8-12-28(21)22-17-19(2)24-23(25-22)27-15-13-26(14-16-27)18-20-9-5-4-6-10-20/h4-6,9-10,17,21H,3,7-8,11-16,18H2,1-2H3. The third-order valence-corrected chi connectivity index (χ3v) is 6.13. The number of hydrogen-bond donors (Lipinski definition) is 0. The second-order valence-corrected chi connectivity index (χ2v) is 8.17. The summed E-state index contributed by atoms with van der Waals surface area (Å²) in [5.41, 5.74) is 2.47. The summed E-state index contributed by atoms with van der Waals surface area (Å²) in [6.45, 7) is 10.7. The molecule has 2 aromatic rings. The van der Waals surface area contributed by atoms with Gasteiger partial charge < -0.3 is 9.80 Å². The van der Waals surface area contributed by atoms with Crippen LogP contribution in [0.15, 0.2) is 36.4 Å². The summed E-state index contributed by atoms with van der Waals surface area (Å²) in [6.07, 6.45) is 5.09. The summed E-state index contributed by atoms with van der Waals surface area (Å²) in [6, 6.07) is 13.5. The van der Waals surface area contributed by atoms with Gasteiger partial charge in [-0.3, -0.25) is 4.90 Å². The highest BCUT2D eigenvalue weighted by molar-refractivity contribution is 5.47. The van der Waals surface area contributed by atoms with E-state index in [1.165, 1.54) is 31.2 Å². The molecule has 150 valence electrons. The Morgan fingerprint density at radius 2 is 1.75 bits per heavy atom. The first-order chi connectivity index (χ1) is 13.7. The first-order valence-corrected chi connectivity index (χ1v) is 10.9. The van der Waals surface area contributed by atoms with Gasteiger partial charge in [0.25, 0.3) is 0 Å². The number of hydrogen-bond acceptors (Lipinski definition) is 5. The second-order valence-electron chi connectivity index (χ2n) is 8.17. The van der Waals surface area contributed by atoms with Crippen molar-refractivity contribution >= 4 is 11.8 Å². The van der Waals surface area contributed by atoms with Gasteiger partial charge in [0.2, 0.25) is 5.95 Å². The Hall–Kier alpha value is -2.14. The Balaban J connectivity index is 1.43. The van der Waals surface area contributed by atoms with Crippen LogP contribution in [-0.4, -0.2) is 53.6 Å². The molecule has 5 heteroatoms. The van der Waals surface area contributed by atoms with Gasteiger partial charge in [0, 0.05) is 57.1 Å². The van der Waals surface area contributed by atoms with Crippen LogP contribution in [0.1, 0.15) is 43.9 Å². The third kappa shape index (κ3) is 4.46. The van der Waals surface area contributed by atoms with Crippen molar-refractivity contribution in [1.82, 2.24) is 14.9 Å². The van der Waals surface area contributed by atoms with Crippen molar-refractivity contribution in [3.05, 3.63) is 47.7 Å². The van der Waals surface area contributed by atoms with Crippen LogP contribution in [0.5, 0.6) is 0 Å². The average Bonchev–Trinajstić information content (AvgIpc) is 2.74. The smallest absolute Gasteiger partial charge is 0.227 e. The van der Waals surface area contributed by atoms with Crippen LogP contribution in [0.4, 0.5) is 11.8 Å². The molecular formula is C23H33N5. The zero-order chi connectivity index (χ0) is 19.3. The molecule has 0 bridgehead atoms. The Bertz CT molecular complexity index is 755. The lowest BCUT2D eigenvalue weighted by Crippen LogP contribution is -2.47. The molecule has 1 aromatic heterocycles. The van der Waals surface area contributed by atoms with Crippen molar-refractivity contribution < 1.29 is 0 Å². The number of benzene rings is 1. The van der Waals surface area contributed by atoms with E-state index in [1.54, 1.807) is 0 Å². The zero-order valence-corrected chi connectivity index (χ0v) is 17.3. The Kier molecular flexibility index (Phi) is 6.10. The number of rotatable bonds is 5. The predicted molar refractivity (Wildman–Crippen MR) is 116 cm³/mol. The van der Waals surface area contributed by atoms with Gasteiger partial charge in [-0.05, 0) is 38.2 Å². The number of aromatic nitrogens is 2. The van der Waals surface area contributed by atoms with Crippen molar-refractivity contribution in [3.8, 4) is 0 Å². The summed E-state index contributed by atoms with van der Waals surface area (Å²) in [4.78, 5) is 17.2. The first kappa shape index (κ1) is 19.2. The molecule has 1 aromatic carbocycles. The molecule has 5 nitrogen and oxygen atoms in total. The second kappa shape index (κ2) is 8.91. The van der Waals surface area contributed by atoms with Crippen molar-refractivity contribution in [3.63, 3.8) is 0 Å². The number of aryl methyl sites for hydroxylation is 1. The fraction of sp³-hybridized carbons (Fsp3) is 0.565. The molecule has 0 amide bonds. The van der Waals surface area contributed by atoms with Gasteiger partial charge in [-0.15, -0.1) is 0 Å². The SMILES string of the molecule is CCC1CCCCN1c1cc(C)nc(N2CCN(Cc3ccccc3)CC2)n1. The molecule has 4 rings (SSSR count). The fourth-order valence-electron chi connectivity index (χ4n) is 4.50. The van der Waals surface area contributed by atoms with Crippen LogP contribution in [0.3, 0.4) is 0 Å². The van der Waals surface area contributed by atoms with Gasteiger partial charge in [0.1, 0.15) is 5.82 Å². The van der Waals surface area contributed by atoms with Crippen LogP contribution >= 0.6 is 0 Å². The van der Waals surface area contributed by atoms with E-state index in [0.717, 1.165) is 56.7 Å². The molecule has 2 fully saturated rings. The Labute approximate surface area is 169 Å². The topological polar surface area (TPSA) is 35.5 Å². The molecule has 3 heterocycles. The van der Waals surface area contributed by atoms with Crippen LogP contribution in [-0.2, 0) is 6.54 Å². The molecule has 0 radical (unpaired) electrons. The molecule has 0 saturated carbocycles. The molecular weight excluding hydrogens is 346 g/mol. The Morgan fingerprint density at radius 3 is 2.50 bits per heavy atom. The molecule has 28 heavy (non-hydrogen) atoms. The lowest BCUT2D eigenvalue weighted by molar-refractivity contribution is 0.248. The summed E-state index contributed by atoms with van der Waals surface area (Å²) >= 11 is 0. The van der Waals surface area contributed by atoms with E-state index >= 15 is 0 Å². The maximum atomic E-state index is 5.01. The van der Waals surface area contributed by atoms with E-state index in [4.69, 9.17) is 9.97 Å². The predicted octanol–water partition coefficient (Wildman–Crippen LogP) is 3.88.